The van der Waals surface area contributed by atoms with E-state index in [9.17, 15) is 42.6 Å². The lowest BCUT2D eigenvalue weighted by Gasteiger charge is -2.29. The molecule has 2 heterocycles. The molecule has 2 aliphatic heterocycles. The van der Waals surface area contributed by atoms with Gasteiger partial charge in [-0.25, -0.2) is 0 Å². The zero-order chi connectivity index (χ0) is 23.1. The summed E-state index contributed by atoms with van der Waals surface area (Å²) in [6, 6.07) is 2.73. The highest BCUT2D eigenvalue weighted by atomic mass is 19.4. The molecule has 168 valence electrons. The van der Waals surface area contributed by atoms with Crippen LogP contribution in [0.1, 0.15) is 43.4 Å². The van der Waals surface area contributed by atoms with Crippen molar-refractivity contribution in [1.29, 1.82) is 0 Å². The number of hydrogen-bond acceptors (Lipinski definition) is 5. The number of likely N-dealkylation sites (tertiary alicyclic amines) is 1. The highest BCUT2D eigenvalue weighted by Gasteiger charge is 2.69. The number of carbonyl (C=O) groups excluding carboxylic acids is 2. The zero-order valence-corrected chi connectivity index (χ0v) is 16.5. The van der Waals surface area contributed by atoms with E-state index in [0.717, 1.165) is 23.1 Å². The predicted octanol–water partition coefficient (Wildman–Crippen LogP) is 2.05. The monoisotopic (exact) mass is 442 g/mol. The fraction of sp³-hybridized carbons (Fsp3) is 0.500. The van der Waals surface area contributed by atoms with Crippen molar-refractivity contribution in [2.45, 2.75) is 43.9 Å². The SMILES string of the molecule is CCCCN1C(=O)C2C(c3cccc(C(F)(F)F)c3)NC(CC(=O)O)(C(=O)O)C2C1=O. The highest BCUT2D eigenvalue weighted by molar-refractivity contribution is 6.10. The molecule has 0 bridgehead atoms. The van der Waals surface area contributed by atoms with E-state index in [1.807, 2.05) is 6.92 Å². The number of carboxylic acids is 2. The molecule has 0 aromatic heterocycles. The van der Waals surface area contributed by atoms with E-state index in [1.165, 1.54) is 6.07 Å². The Bertz CT molecular complexity index is 934. The second-order valence-electron chi connectivity index (χ2n) is 7.78. The number of imide groups is 1. The van der Waals surface area contributed by atoms with Crippen LogP contribution >= 0.6 is 0 Å². The number of carboxylic acid groups (broad SMARTS) is 2. The van der Waals surface area contributed by atoms with Gasteiger partial charge in [0.2, 0.25) is 11.8 Å². The predicted molar refractivity (Wildman–Crippen MR) is 98.5 cm³/mol. The van der Waals surface area contributed by atoms with E-state index in [4.69, 9.17) is 0 Å². The van der Waals surface area contributed by atoms with Crippen molar-refractivity contribution in [2.24, 2.45) is 11.8 Å². The Morgan fingerprint density at radius 3 is 2.42 bits per heavy atom. The van der Waals surface area contributed by atoms with E-state index in [2.05, 4.69) is 5.32 Å². The van der Waals surface area contributed by atoms with Crippen molar-refractivity contribution in [3.05, 3.63) is 35.4 Å². The first-order valence-corrected chi connectivity index (χ1v) is 9.69. The van der Waals surface area contributed by atoms with Crippen molar-refractivity contribution in [3.63, 3.8) is 0 Å². The number of fused-ring (bicyclic) bond motifs is 1. The summed E-state index contributed by atoms with van der Waals surface area (Å²) in [5.74, 6) is -7.60. The van der Waals surface area contributed by atoms with E-state index >= 15 is 0 Å². The van der Waals surface area contributed by atoms with Crippen molar-refractivity contribution in [3.8, 4) is 0 Å². The molecule has 0 spiro atoms. The van der Waals surface area contributed by atoms with Crippen molar-refractivity contribution < 1.29 is 42.6 Å². The third-order valence-corrected chi connectivity index (χ3v) is 5.87. The Kier molecular flexibility index (Phi) is 5.83. The van der Waals surface area contributed by atoms with Gasteiger partial charge in [-0.3, -0.25) is 29.4 Å². The Balaban J connectivity index is 2.14. The van der Waals surface area contributed by atoms with E-state index in [0.29, 0.717) is 12.8 Å². The maximum atomic E-state index is 13.2. The van der Waals surface area contributed by atoms with Crippen molar-refractivity contribution in [1.82, 2.24) is 10.2 Å². The minimum absolute atomic E-state index is 0.0270. The fourth-order valence-electron chi connectivity index (χ4n) is 4.47. The van der Waals surface area contributed by atoms with Gasteiger partial charge in [-0.1, -0.05) is 25.5 Å². The largest absolute Gasteiger partial charge is 0.481 e. The molecule has 2 saturated heterocycles. The molecule has 2 aliphatic rings. The molecule has 0 radical (unpaired) electrons. The minimum atomic E-state index is -4.68. The maximum absolute atomic E-state index is 13.2. The average Bonchev–Trinajstić information content (AvgIpc) is 3.14. The number of nitrogens with zero attached hydrogens (tertiary/aromatic N) is 1. The first-order valence-electron chi connectivity index (χ1n) is 9.69. The summed E-state index contributed by atoms with van der Waals surface area (Å²) in [5, 5.41) is 21.8. The third-order valence-electron chi connectivity index (χ3n) is 5.87. The molecule has 0 saturated carbocycles. The van der Waals surface area contributed by atoms with Crippen LogP contribution in [0.2, 0.25) is 0 Å². The summed E-state index contributed by atoms with van der Waals surface area (Å²) in [6.07, 6.45) is -4.60. The molecule has 2 amide bonds. The second kappa shape index (κ2) is 7.95. The lowest BCUT2D eigenvalue weighted by atomic mass is 9.77. The molecule has 31 heavy (non-hydrogen) atoms. The minimum Gasteiger partial charge on any atom is -0.481 e. The molecule has 8 nitrogen and oxygen atoms in total. The van der Waals surface area contributed by atoms with Crippen LogP contribution in [-0.2, 0) is 25.4 Å². The van der Waals surface area contributed by atoms with Crippen molar-refractivity contribution in [2.75, 3.05) is 6.54 Å². The molecule has 2 fully saturated rings. The lowest BCUT2D eigenvalue weighted by molar-refractivity contribution is -0.156. The molecule has 1 aromatic rings. The number of hydrogen-bond donors (Lipinski definition) is 3. The summed E-state index contributed by atoms with van der Waals surface area (Å²) < 4.78 is 39.6. The van der Waals surface area contributed by atoms with Crippen LogP contribution in [0.5, 0.6) is 0 Å². The smallest absolute Gasteiger partial charge is 0.416 e. The molecule has 4 atom stereocenters. The molecule has 4 unspecified atom stereocenters. The van der Waals surface area contributed by atoms with Gasteiger partial charge in [0.25, 0.3) is 0 Å². The van der Waals surface area contributed by atoms with Crippen LogP contribution in [0.3, 0.4) is 0 Å². The Hall–Kier alpha value is -2.95. The quantitative estimate of drug-likeness (QED) is 0.552. The summed E-state index contributed by atoms with van der Waals surface area (Å²) >= 11 is 0. The van der Waals surface area contributed by atoms with Crippen LogP contribution in [-0.4, -0.2) is 50.9 Å². The Labute approximate surface area is 175 Å². The topological polar surface area (TPSA) is 124 Å². The average molecular weight is 442 g/mol. The number of benzene rings is 1. The van der Waals surface area contributed by atoms with Crippen LogP contribution in [0.4, 0.5) is 13.2 Å². The lowest BCUT2D eigenvalue weighted by Crippen LogP contribution is -2.57. The number of unbranched alkanes of at least 4 members (excludes halogenated alkanes) is 1. The molecule has 3 rings (SSSR count). The zero-order valence-electron chi connectivity index (χ0n) is 16.5. The van der Waals surface area contributed by atoms with Gasteiger partial charge < -0.3 is 10.2 Å². The van der Waals surface area contributed by atoms with Crippen LogP contribution in [0, 0.1) is 11.8 Å². The fourth-order valence-corrected chi connectivity index (χ4v) is 4.47. The standard InChI is InChI=1S/C20H21F3N2O6/c1-2-3-7-25-16(28)13-14(17(25)29)19(18(30)31,9-12(26)27)24-15(13)10-5-4-6-11(8-10)20(21,22)23/h4-6,8,13-15,24H,2-3,7,9H2,1H3,(H,26,27)(H,30,31). The van der Waals surface area contributed by atoms with Gasteiger partial charge in [-0.2, -0.15) is 13.2 Å². The van der Waals surface area contributed by atoms with Crippen molar-refractivity contribution >= 4 is 23.8 Å². The number of amides is 2. The maximum Gasteiger partial charge on any atom is 0.416 e. The van der Waals surface area contributed by atoms with Gasteiger partial charge in [0.05, 0.1) is 23.8 Å². The van der Waals surface area contributed by atoms with Gasteiger partial charge in [0.15, 0.2) is 0 Å². The van der Waals surface area contributed by atoms with Gasteiger partial charge in [0, 0.05) is 12.6 Å². The number of rotatable bonds is 7. The van der Waals surface area contributed by atoms with Gasteiger partial charge in [-0.15, -0.1) is 0 Å². The van der Waals surface area contributed by atoms with E-state index in [-0.39, 0.29) is 12.1 Å². The van der Waals surface area contributed by atoms with Gasteiger partial charge >= 0.3 is 18.1 Å². The number of halogens is 3. The summed E-state index contributed by atoms with van der Waals surface area (Å²) in [7, 11) is 0. The number of carbonyl (C=O) groups is 4. The highest BCUT2D eigenvalue weighted by Crippen LogP contribution is 2.50. The third kappa shape index (κ3) is 3.78. The number of nitrogens with one attached hydrogen (secondary N) is 1. The number of alkyl halides is 3. The normalized spacial score (nSPS) is 28.1. The van der Waals surface area contributed by atoms with Gasteiger partial charge in [-0.05, 0) is 24.1 Å². The molecule has 1 aromatic carbocycles. The molecule has 3 N–H and O–H groups in total. The molecular formula is C20H21F3N2O6. The van der Waals surface area contributed by atoms with Crippen LogP contribution in [0.25, 0.3) is 0 Å². The van der Waals surface area contributed by atoms with Gasteiger partial charge in [0.1, 0.15) is 5.54 Å². The van der Waals surface area contributed by atoms with E-state index in [1.54, 1.807) is 0 Å². The summed E-state index contributed by atoms with van der Waals surface area (Å²) in [4.78, 5) is 50.7. The second-order valence-corrected chi connectivity index (χ2v) is 7.78. The van der Waals surface area contributed by atoms with E-state index < -0.39 is 65.3 Å². The van der Waals surface area contributed by atoms with Crippen LogP contribution < -0.4 is 5.32 Å². The molecule has 0 aliphatic carbocycles. The molecular weight excluding hydrogens is 421 g/mol. The first kappa shape index (κ1) is 22.7. The van der Waals surface area contributed by atoms with Crippen LogP contribution in [0.15, 0.2) is 24.3 Å². The number of aliphatic carboxylic acids is 2. The first-order chi connectivity index (χ1) is 14.4. The summed E-state index contributed by atoms with van der Waals surface area (Å²) in [5.41, 5.74) is -3.38. The Morgan fingerprint density at radius 2 is 1.87 bits per heavy atom. The Morgan fingerprint density at radius 1 is 1.19 bits per heavy atom. The summed E-state index contributed by atoms with van der Waals surface area (Å²) in [6.45, 7) is 1.85. The molecule has 11 heteroatoms.